The van der Waals surface area contributed by atoms with E-state index < -0.39 is 0 Å². The number of hydrogen-bond donors (Lipinski definition) is 0. The summed E-state index contributed by atoms with van der Waals surface area (Å²) in [7, 11) is 0. The van der Waals surface area contributed by atoms with Gasteiger partial charge in [0.05, 0.1) is 5.54 Å². The molecule has 0 N–H and O–H groups in total. The maximum Gasteiger partial charge on any atom is 0.0768 e. The molecular weight excluding hydrogens is 178 g/mol. The average Bonchev–Trinajstić information content (AvgIpc) is 2.30. The second-order valence-electron chi connectivity index (χ2n) is 4.17. The van der Waals surface area contributed by atoms with Crippen LogP contribution in [0.3, 0.4) is 0 Å². The number of terminal acetylenes is 1. The number of thioether (sulfide) groups is 1. The van der Waals surface area contributed by atoms with Crippen LogP contribution in [0.1, 0.15) is 27.2 Å². The van der Waals surface area contributed by atoms with Crippen molar-refractivity contribution in [3.63, 3.8) is 0 Å². The van der Waals surface area contributed by atoms with Crippen molar-refractivity contribution in [3.8, 4) is 12.3 Å². The van der Waals surface area contributed by atoms with E-state index in [1.54, 1.807) is 0 Å². The van der Waals surface area contributed by atoms with Gasteiger partial charge in [0, 0.05) is 18.3 Å². The Morgan fingerprint density at radius 2 is 2.23 bits per heavy atom. The standard InChI is InChI=1S/C11H19NS/c1-5-11(3,4)12-7-6-8-13-9-10(12)2/h1,10H,6-9H2,2-4H3. The molecule has 0 saturated carbocycles. The van der Waals surface area contributed by atoms with Gasteiger partial charge in [-0.1, -0.05) is 5.92 Å². The molecule has 1 aliphatic heterocycles. The molecule has 0 aromatic heterocycles. The molecule has 0 radical (unpaired) electrons. The molecule has 1 heterocycles. The smallest absolute Gasteiger partial charge is 0.0768 e. The van der Waals surface area contributed by atoms with E-state index in [1.165, 1.54) is 17.9 Å². The van der Waals surface area contributed by atoms with Crippen LogP contribution in [0.15, 0.2) is 0 Å². The van der Waals surface area contributed by atoms with Crippen LogP contribution in [0.2, 0.25) is 0 Å². The summed E-state index contributed by atoms with van der Waals surface area (Å²) in [5.74, 6) is 5.38. The molecule has 1 fully saturated rings. The van der Waals surface area contributed by atoms with Gasteiger partial charge >= 0.3 is 0 Å². The van der Waals surface area contributed by atoms with Crippen molar-refractivity contribution in [3.05, 3.63) is 0 Å². The summed E-state index contributed by atoms with van der Waals surface area (Å²) < 4.78 is 0. The van der Waals surface area contributed by atoms with Crippen molar-refractivity contribution >= 4 is 11.8 Å². The topological polar surface area (TPSA) is 3.24 Å². The first-order valence-electron chi connectivity index (χ1n) is 4.90. The minimum atomic E-state index is -0.0791. The fourth-order valence-corrected chi connectivity index (χ4v) is 2.84. The van der Waals surface area contributed by atoms with E-state index in [2.05, 4.69) is 31.6 Å². The lowest BCUT2D eigenvalue weighted by Crippen LogP contribution is -2.48. The van der Waals surface area contributed by atoms with Gasteiger partial charge in [-0.3, -0.25) is 4.90 Å². The minimum Gasteiger partial charge on any atom is -0.284 e. The molecule has 1 aliphatic rings. The fraction of sp³-hybridized carbons (Fsp3) is 0.818. The molecule has 1 rings (SSSR count). The van der Waals surface area contributed by atoms with Gasteiger partial charge in [0.2, 0.25) is 0 Å². The zero-order chi connectivity index (χ0) is 9.90. The van der Waals surface area contributed by atoms with E-state index in [1.807, 2.05) is 11.8 Å². The lowest BCUT2D eigenvalue weighted by atomic mass is 10.0. The molecule has 0 amide bonds. The monoisotopic (exact) mass is 197 g/mol. The third-order valence-electron chi connectivity index (χ3n) is 2.65. The van der Waals surface area contributed by atoms with Crippen LogP contribution in [-0.4, -0.2) is 34.5 Å². The van der Waals surface area contributed by atoms with Crippen LogP contribution in [0.25, 0.3) is 0 Å². The van der Waals surface area contributed by atoms with E-state index in [9.17, 15) is 0 Å². The molecule has 2 heteroatoms. The fourth-order valence-electron chi connectivity index (χ4n) is 1.81. The molecule has 1 unspecified atom stereocenters. The minimum absolute atomic E-state index is 0.0791. The molecule has 13 heavy (non-hydrogen) atoms. The second-order valence-corrected chi connectivity index (χ2v) is 5.32. The number of rotatable bonds is 1. The molecule has 0 aromatic carbocycles. The van der Waals surface area contributed by atoms with Gasteiger partial charge in [0.15, 0.2) is 0 Å². The molecule has 1 atom stereocenters. The Balaban J connectivity index is 2.70. The first-order chi connectivity index (χ1) is 6.08. The number of hydrogen-bond acceptors (Lipinski definition) is 2. The third-order valence-corrected chi connectivity index (χ3v) is 3.95. The van der Waals surface area contributed by atoms with Crippen LogP contribution in [0.4, 0.5) is 0 Å². The largest absolute Gasteiger partial charge is 0.284 e. The zero-order valence-corrected chi connectivity index (χ0v) is 9.66. The van der Waals surface area contributed by atoms with Crippen LogP contribution < -0.4 is 0 Å². The summed E-state index contributed by atoms with van der Waals surface area (Å²) in [4.78, 5) is 2.45. The first kappa shape index (κ1) is 10.9. The van der Waals surface area contributed by atoms with E-state index in [-0.39, 0.29) is 5.54 Å². The Hall–Kier alpha value is -0.130. The number of nitrogens with zero attached hydrogens (tertiary/aromatic N) is 1. The average molecular weight is 197 g/mol. The van der Waals surface area contributed by atoms with Crippen molar-refractivity contribution in [1.82, 2.24) is 4.90 Å². The maximum absolute atomic E-state index is 5.55. The molecule has 0 aromatic rings. The molecule has 74 valence electrons. The highest BCUT2D eigenvalue weighted by Crippen LogP contribution is 2.23. The van der Waals surface area contributed by atoms with Gasteiger partial charge in [-0.05, 0) is 32.9 Å². The van der Waals surface area contributed by atoms with Crippen LogP contribution in [-0.2, 0) is 0 Å². The molecular formula is C11H19NS. The predicted molar refractivity (Wildman–Crippen MR) is 61.0 cm³/mol. The van der Waals surface area contributed by atoms with Crippen molar-refractivity contribution < 1.29 is 0 Å². The summed E-state index contributed by atoms with van der Waals surface area (Å²) in [6.07, 6.45) is 6.82. The van der Waals surface area contributed by atoms with Crippen LogP contribution in [0, 0.1) is 12.3 Å². The van der Waals surface area contributed by atoms with Gasteiger partial charge in [-0.2, -0.15) is 11.8 Å². The molecule has 0 bridgehead atoms. The Morgan fingerprint density at radius 1 is 1.54 bits per heavy atom. The SMILES string of the molecule is C#CC(C)(C)N1CCCSCC1C. The lowest BCUT2D eigenvalue weighted by molar-refractivity contribution is 0.134. The normalized spacial score (nSPS) is 26.5. The van der Waals surface area contributed by atoms with Crippen LogP contribution >= 0.6 is 11.8 Å². The Morgan fingerprint density at radius 3 is 2.85 bits per heavy atom. The summed E-state index contributed by atoms with van der Waals surface area (Å²) in [5.41, 5.74) is -0.0791. The van der Waals surface area contributed by atoms with Gasteiger partial charge in [0.1, 0.15) is 0 Å². The highest BCUT2D eigenvalue weighted by Gasteiger charge is 2.29. The third kappa shape index (κ3) is 2.65. The molecule has 0 aliphatic carbocycles. The van der Waals surface area contributed by atoms with E-state index in [0.29, 0.717) is 6.04 Å². The van der Waals surface area contributed by atoms with Crippen molar-refractivity contribution in [2.45, 2.75) is 38.8 Å². The van der Waals surface area contributed by atoms with Crippen molar-refractivity contribution in [1.29, 1.82) is 0 Å². The van der Waals surface area contributed by atoms with E-state index in [0.717, 1.165) is 6.54 Å². The summed E-state index contributed by atoms with van der Waals surface area (Å²) >= 11 is 2.04. The summed E-state index contributed by atoms with van der Waals surface area (Å²) in [6, 6.07) is 0.610. The molecule has 1 nitrogen and oxygen atoms in total. The molecule has 0 spiro atoms. The second kappa shape index (κ2) is 4.39. The Kier molecular flexibility index (Phi) is 3.70. The quantitative estimate of drug-likeness (QED) is 0.593. The van der Waals surface area contributed by atoms with Crippen LogP contribution in [0.5, 0.6) is 0 Å². The first-order valence-corrected chi connectivity index (χ1v) is 6.05. The zero-order valence-electron chi connectivity index (χ0n) is 8.84. The van der Waals surface area contributed by atoms with Gasteiger partial charge in [-0.25, -0.2) is 0 Å². The van der Waals surface area contributed by atoms with Gasteiger partial charge in [-0.15, -0.1) is 6.42 Å². The predicted octanol–water partition coefficient (Wildman–Crippen LogP) is 2.23. The van der Waals surface area contributed by atoms with E-state index in [4.69, 9.17) is 6.42 Å². The highest BCUT2D eigenvalue weighted by atomic mass is 32.2. The lowest BCUT2D eigenvalue weighted by Gasteiger charge is -2.37. The van der Waals surface area contributed by atoms with E-state index >= 15 is 0 Å². The van der Waals surface area contributed by atoms with Crippen molar-refractivity contribution in [2.75, 3.05) is 18.1 Å². The summed E-state index contributed by atoms with van der Waals surface area (Å²) in [6.45, 7) is 7.70. The summed E-state index contributed by atoms with van der Waals surface area (Å²) in [5, 5.41) is 0. The van der Waals surface area contributed by atoms with Gasteiger partial charge < -0.3 is 0 Å². The van der Waals surface area contributed by atoms with Gasteiger partial charge in [0.25, 0.3) is 0 Å². The highest BCUT2D eigenvalue weighted by molar-refractivity contribution is 7.99. The Labute approximate surface area is 86.3 Å². The Bertz CT molecular complexity index is 205. The van der Waals surface area contributed by atoms with Crippen molar-refractivity contribution in [2.24, 2.45) is 0 Å². The maximum atomic E-state index is 5.55. The molecule has 1 saturated heterocycles.